The van der Waals surface area contributed by atoms with Gasteiger partial charge in [0.2, 0.25) is 0 Å². The summed E-state index contributed by atoms with van der Waals surface area (Å²) in [5, 5.41) is 4.29. The Hall–Kier alpha value is -0.870. The normalized spacial score (nSPS) is 22.2. The molecule has 2 heterocycles. The highest BCUT2D eigenvalue weighted by Gasteiger charge is 2.25. The summed E-state index contributed by atoms with van der Waals surface area (Å²) in [5.74, 6) is 0. The highest BCUT2D eigenvalue weighted by molar-refractivity contribution is 5.13. The number of hydrogen-bond donors (Lipinski definition) is 1. The van der Waals surface area contributed by atoms with Gasteiger partial charge in [-0.1, -0.05) is 19.3 Å². The predicted octanol–water partition coefficient (Wildman–Crippen LogP) is 2.07. The molecule has 4 nitrogen and oxygen atoms in total. The predicted molar refractivity (Wildman–Crippen MR) is 74.3 cm³/mol. The van der Waals surface area contributed by atoms with Crippen LogP contribution in [0, 0.1) is 0 Å². The van der Waals surface area contributed by atoms with Crippen LogP contribution >= 0.6 is 0 Å². The summed E-state index contributed by atoms with van der Waals surface area (Å²) >= 11 is 0. The molecule has 102 valence electrons. The topological polar surface area (TPSA) is 47.1 Å². The Morgan fingerprint density at radius 3 is 2.28 bits per heavy atom. The molecular weight excluding hydrogens is 224 g/mol. The first-order valence-electron chi connectivity index (χ1n) is 7.16. The first-order valence-corrected chi connectivity index (χ1v) is 7.16. The van der Waals surface area contributed by atoms with Crippen LogP contribution in [-0.4, -0.2) is 33.8 Å². The molecule has 1 aliphatic heterocycles. The Balaban J connectivity index is 2.12. The van der Waals surface area contributed by atoms with Crippen LogP contribution in [0.3, 0.4) is 0 Å². The van der Waals surface area contributed by atoms with E-state index in [2.05, 4.69) is 23.1 Å². The van der Waals surface area contributed by atoms with Gasteiger partial charge < -0.3 is 5.73 Å². The number of likely N-dealkylation sites (tertiary alicyclic amines) is 1. The maximum Gasteiger partial charge on any atom is 0.0538 e. The molecule has 0 aliphatic carbocycles. The van der Waals surface area contributed by atoms with E-state index < -0.39 is 0 Å². The summed E-state index contributed by atoms with van der Waals surface area (Å²) in [6.45, 7) is 4.44. The quantitative estimate of drug-likeness (QED) is 0.893. The molecule has 0 saturated carbocycles. The molecule has 1 aromatic rings. The average Bonchev–Trinajstić information content (AvgIpc) is 2.67. The van der Waals surface area contributed by atoms with Gasteiger partial charge in [0.15, 0.2) is 0 Å². The van der Waals surface area contributed by atoms with Crippen molar-refractivity contribution in [2.75, 3.05) is 13.1 Å². The second kappa shape index (κ2) is 6.34. The van der Waals surface area contributed by atoms with Crippen LogP contribution in [0.2, 0.25) is 0 Å². The Morgan fingerprint density at radius 1 is 1.17 bits per heavy atom. The van der Waals surface area contributed by atoms with Crippen LogP contribution in [0.5, 0.6) is 0 Å². The molecule has 4 heteroatoms. The number of nitrogens with zero attached hydrogens (tertiary/aromatic N) is 3. The molecule has 1 fully saturated rings. The fourth-order valence-electron chi connectivity index (χ4n) is 2.99. The van der Waals surface area contributed by atoms with Gasteiger partial charge in [0.1, 0.15) is 0 Å². The Kier molecular flexibility index (Phi) is 4.78. The molecule has 2 N–H and O–H groups in total. The van der Waals surface area contributed by atoms with E-state index in [0.29, 0.717) is 6.04 Å². The third-order valence-corrected chi connectivity index (χ3v) is 3.85. The third-order valence-electron chi connectivity index (χ3n) is 3.85. The average molecular weight is 250 g/mol. The maximum atomic E-state index is 6.22. The first-order chi connectivity index (χ1) is 8.68. The van der Waals surface area contributed by atoms with Gasteiger partial charge in [0.05, 0.1) is 12.2 Å². The minimum atomic E-state index is 0.147. The second-order valence-corrected chi connectivity index (χ2v) is 5.56. The van der Waals surface area contributed by atoms with Crippen molar-refractivity contribution in [1.82, 2.24) is 14.7 Å². The van der Waals surface area contributed by atoms with Crippen molar-refractivity contribution < 1.29 is 0 Å². The Morgan fingerprint density at radius 2 is 1.78 bits per heavy atom. The van der Waals surface area contributed by atoms with Gasteiger partial charge in [0.25, 0.3) is 0 Å². The molecule has 0 radical (unpaired) electrons. The largest absolute Gasteiger partial charge is 0.326 e. The minimum absolute atomic E-state index is 0.147. The number of nitrogens with two attached hydrogens (primary N) is 1. The van der Waals surface area contributed by atoms with Crippen LogP contribution < -0.4 is 5.73 Å². The minimum Gasteiger partial charge on any atom is -0.326 e. The van der Waals surface area contributed by atoms with E-state index in [4.69, 9.17) is 5.73 Å². The standard InChI is InChI=1S/C14H26N4/c1-12(15)14(13-10-16-17(2)11-13)18-8-6-4-3-5-7-9-18/h10-12,14H,3-9,15H2,1-2H3. The number of rotatable bonds is 3. The summed E-state index contributed by atoms with van der Waals surface area (Å²) < 4.78 is 1.87. The first kappa shape index (κ1) is 13.6. The zero-order valence-corrected chi connectivity index (χ0v) is 11.7. The van der Waals surface area contributed by atoms with Crippen LogP contribution in [-0.2, 0) is 7.05 Å². The molecule has 0 bridgehead atoms. The van der Waals surface area contributed by atoms with Gasteiger partial charge in [-0.25, -0.2) is 0 Å². The highest BCUT2D eigenvalue weighted by Crippen LogP contribution is 2.25. The van der Waals surface area contributed by atoms with E-state index in [1.54, 1.807) is 0 Å². The number of aryl methyl sites for hydroxylation is 1. The molecule has 0 spiro atoms. The smallest absolute Gasteiger partial charge is 0.0538 e. The summed E-state index contributed by atoms with van der Waals surface area (Å²) in [6.07, 6.45) is 10.8. The van der Waals surface area contributed by atoms with Crippen molar-refractivity contribution in [3.63, 3.8) is 0 Å². The van der Waals surface area contributed by atoms with E-state index in [1.165, 1.54) is 50.8 Å². The maximum absolute atomic E-state index is 6.22. The molecule has 2 atom stereocenters. The van der Waals surface area contributed by atoms with Crippen molar-refractivity contribution >= 4 is 0 Å². The van der Waals surface area contributed by atoms with Gasteiger partial charge in [-0.2, -0.15) is 5.10 Å². The van der Waals surface area contributed by atoms with Gasteiger partial charge in [0, 0.05) is 24.8 Å². The number of aromatic nitrogens is 2. The molecule has 0 amide bonds. The zero-order chi connectivity index (χ0) is 13.0. The van der Waals surface area contributed by atoms with Crippen molar-refractivity contribution in [2.24, 2.45) is 12.8 Å². The van der Waals surface area contributed by atoms with E-state index in [0.717, 1.165) is 0 Å². The van der Waals surface area contributed by atoms with Crippen molar-refractivity contribution in [2.45, 2.75) is 51.1 Å². The molecule has 1 aliphatic rings. The SMILES string of the molecule is CC(N)C(c1cnn(C)c1)N1CCCCCCC1. The van der Waals surface area contributed by atoms with Gasteiger partial charge in [-0.3, -0.25) is 9.58 Å². The molecular formula is C14H26N4. The molecule has 2 unspecified atom stereocenters. The number of hydrogen-bond acceptors (Lipinski definition) is 3. The molecule has 1 saturated heterocycles. The van der Waals surface area contributed by atoms with E-state index in [9.17, 15) is 0 Å². The van der Waals surface area contributed by atoms with Crippen LogP contribution in [0.25, 0.3) is 0 Å². The van der Waals surface area contributed by atoms with Crippen molar-refractivity contribution in [3.8, 4) is 0 Å². The summed E-state index contributed by atoms with van der Waals surface area (Å²) in [7, 11) is 1.97. The van der Waals surface area contributed by atoms with E-state index in [1.807, 2.05) is 17.9 Å². The lowest BCUT2D eigenvalue weighted by atomic mass is 9.99. The Bertz CT molecular complexity index is 350. The van der Waals surface area contributed by atoms with E-state index >= 15 is 0 Å². The van der Waals surface area contributed by atoms with E-state index in [-0.39, 0.29) is 6.04 Å². The van der Waals surface area contributed by atoms with Crippen molar-refractivity contribution in [3.05, 3.63) is 18.0 Å². The lowest BCUT2D eigenvalue weighted by Crippen LogP contribution is -2.41. The Labute approximate surface area is 110 Å². The summed E-state index contributed by atoms with van der Waals surface area (Å²) in [6, 6.07) is 0.463. The third kappa shape index (κ3) is 3.33. The molecule has 0 aromatic carbocycles. The van der Waals surface area contributed by atoms with Gasteiger partial charge in [-0.15, -0.1) is 0 Å². The van der Waals surface area contributed by atoms with Gasteiger partial charge in [-0.05, 0) is 32.9 Å². The molecule has 1 aromatic heterocycles. The van der Waals surface area contributed by atoms with Crippen LogP contribution in [0.1, 0.15) is 50.6 Å². The zero-order valence-electron chi connectivity index (χ0n) is 11.7. The second-order valence-electron chi connectivity index (χ2n) is 5.56. The summed E-state index contributed by atoms with van der Waals surface area (Å²) in [4.78, 5) is 2.56. The highest BCUT2D eigenvalue weighted by atomic mass is 15.3. The fraction of sp³-hybridized carbons (Fsp3) is 0.786. The fourth-order valence-corrected chi connectivity index (χ4v) is 2.99. The summed E-state index contributed by atoms with van der Waals surface area (Å²) in [5.41, 5.74) is 7.48. The monoisotopic (exact) mass is 250 g/mol. The lowest BCUT2D eigenvalue weighted by molar-refractivity contribution is 0.161. The van der Waals surface area contributed by atoms with Crippen LogP contribution in [0.4, 0.5) is 0 Å². The van der Waals surface area contributed by atoms with Gasteiger partial charge >= 0.3 is 0 Å². The lowest BCUT2D eigenvalue weighted by Gasteiger charge is -2.34. The molecule has 18 heavy (non-hydrogen) atoms. The molecule has 2 rings (SSSR count). The van der Waals surface area contributed by atoms with Crippen LogP contribution in [0.15, 0.2) is 12.4 Å². The van der Waals surface area contributed by atoms with Crippen molar-refractivity contribution in [1.29, 1.82) is 0 Å².